The zero-order valence-electron chi connectivity index (χ0n) is 19.8. The third-order valence-corrected chi connectivity index (χ3v) is 7.41. The van der Waals surface area contributed by atoms with Gasteiger partial charge in [-0.2, -0.15) is 4.31 Å². The average molecular weight is 489 g/mol. The van der Waals surface area contributed by atoms with Crippen molar-refractivity contribution in [3.05, 3.63) is 65.7 Å². The van der Waals surface area contributed by atoms with Crippen LogP contribution in [0.5, 0.6) is 0 Å². The van der Waals surface area contributed by atoms with Crippen molar-refractivity contribution in [2.75, 3.05) is 19.7 Å². The van der Waals surface area contributed by atoms with Crippen LogP contribution in [0.15, 0.2) is 59.5 Å². The number of ether oxygens (including phenoxy) is 2. The molecule has 184 valence electrons. The lowest BCUT2D eigenvalue weighted by molar-refractivity contribution is -0.124. The Balaban J connectivity index is 1.48. The van der Waals surface area contributed by atoms with Crippen LogP contribution in [0.1, 0.15) is 43.1 Å². The summed E-state index contributed by atoms with van der Waals surface area (Å²) >= 11 is 0. The fourth-order valence-corrected chi connectivity index (χ4v) is 5.46. The molecule has 3 unspecified atom stereocenters. The molecule has 1 saturated heterocycles. The highest BCUT2D eigenvalue weighted by Gasteiger charge is 2.32. The van der Waals surface area contributed by atoms with E-state index in [4.69, 9.17) is 9.47 Å². The van der Waals surface area contributed by atoms with E-state index in [9.17, 15) is 18.0 Å². The first-order valence-electron chi connectivity index (χ1n) is 11.4. The topological polar surface area (TPSA) is 102 Å². The van der Waals surface area contributed by atoms with Crippen molar-refractivity contribution < 1.29 is 27.5 Å². The van der Waals surface area contributed by atoms with E-state index in [-0.39, 0.29) is 47.7 Å². The number of carbonyl (C=O) groups excluding carboxylic acids is 2. The first-order chi connectivity index (χ1) is 16.1. The normalized spacial score (nSPS) is 19.9. The maximum Gasteiger partial charge on any atom is 0.338 e. The zero-order valence-corrected chi connectivity index (χ0v) is 20.6. The molecule has 34 heavy (non-hydrogen) atoms. The van der Waals surface area contributed by atoms with E-state index in [1.54, 1.807) is 0 Å². The van der Waals surface area contributed by atoms with Gasteiger partial charge in [-0.1, -0.05) is 30.3 Å². The van der Waals surface area contributed by atoms with Gasteiger partial charge in [-0.15, -0.1) is 0 Å². The first-order valence-corrected chi connectivity index (χ1v) is 12.8. The molecule has 0 saturated carbocycles. The lowest BCUT2D eigenvalue weighted by Crippen LogP contribution is -2.48. The Hall–Kier alpha value is -2.75. The van der Waals surface area contributed by atoms with Crippen molar-refractivity contribution in [2.24, 2.45) is 0 Å². The fourth-order valence-electron chi connectivity index (χ4n) is 3.87. The number of amides is 1. The third kappa shape index (κ3) is 7.12. The van der Waals surface area contributed by atoms with Crippen molar-refractivity contribution in [3.8, 4) is 0 Å². The summed E-state index contributed by atoms with van der Waals surface area (Å²) in [5.74, 6) is -1.08. The molecular weight excluding hydrogens is 456 g/mol. The molecule has 1 amide bonds. The highest BCUT2D eigenvalue weighted by atomic mass is 32.2. The quantitative estimate of drug-likeness (QED) is 0.545. The number of esters is 1. The molecule has 0 bridgehead atoms. The number of rotatable bonds is 9. The van der Waals surface area contributed by atoms with Crippen LogP contribution in [-0.4, -0.2) is 62.5 Å². The summed E-state index contributed by atoms with van der Waals surface area (Å²) in [4.78, 5) is 24.5. The van der Waals surface area contributed by atoms with Gasteiger partial charge in [0.1, 0.15) is 0 Å². The third-order valence-electron chi connectivity index (χ3n) is 5.56. The van der Waals surface area contributed by atoms with E-state index in [0.717, 1.165) is 12.8 Å². The average Bonchev–Trinajstić information content (AvgIpc) is 2.81. The molecule has 3 atom stereocenters. The molecule has 1 aliphatic heterocycles. The second-order valence-electron chi connectivity index (χ2n) is 8.67. The summed E-state index contributed by atoms with van der Waals surface area (Å²) in [6, 6.07) is 15.5. The van der Waals surface area contributed by atoms with E-state index in [1.807, 2.05) is 51.1 Å². The minimum atomic E-state index is -3.70. The Kier molecular flexibility index (Phi) is 8.82. The van der Waals surface area contributed by atoms with Gasteiger partial charge >= 0.3 is 5.97 Å². The van der Waals surface area contributed by atoms with Gasteiger partial charge in [0.2, 0.25) is 10.0 Å². The van der Waals surface area contributed by atoms with Gasteiger partial charge in [0.05, 0.1) is 22.7 Å². The van der Waals surface area contributed by atoms with Crippen LogP contribution < -0.4 is 5.32 Å². The maximum atomic E-state index is 12.9. The molecule has 3 rings (SSSR count). The Bertz CT molecular complexity index is 1060. The van der Waals surface area contributed by atoms with Crippen LogP contribution in [-0.2, 0) is 30.7 Å². The predicted molar refractivity (Wildman–Crippen MR) is 128 cm³/mol. The van der Waals surface area contributed by atoms with Gasteiger partial charge in [0.25, 0.3) is 5.91 Å². The molecule has 2 aromatic rings. The number of benzene rings is 2. The van der Waals surface area contributed by atoms with Crippen LogP contribution in [0.2, 0.25) is 0 Å². The molecule has 0 aromatic heterocycles. The van der Waals surface area contributed by atoms with Gasteiger partial charge in [0, 0.05) is 19.1 Å². The Labute approximate surface area is 201 Å². The van der Waals surface area contributed by atoms with Gasteiger partial charge in [-0.3, -0.25) is 4.79 Å². The van der Waals surface area contributed by atoms with E-state index in [0.29, 0.717) is 0 Å². The molecule has 8 nitrogen and oxygen atoms in total. The summed E-state index contributed by atoms with van der Waals surface area (Å²) in [7, 11) is -3.70. The minimum Gasteiger partial charge on any atom is -0.452 e. The van der Waals surface area contributed by atoms with Crippen molar-refractivity contribution in [3.63, 3.8) is 0 Å². The monoisotopic (exact) mass is 488 g/mol. The number of hydrogen-bond acceptors (Lipinski definition) is 6. The summed E-state index contributed by atoms with van der Waals surface area (Å²) in [6.07, 6.45) is 1.21. The van der Waals surface area contributed by atoms with Crippen LogP contribution in [0.3, 0.4) is 0 Å². The van der Waals surface area contributed by atoms with Crippen LogP contribution >= 0.6 is 0 Å². The maximum absolute atomic E-state index is 12.9. The molecule has 1 aliphatic rings. The van der Waals surface area contributed by atoms with Gasteiger partial charge in [-0.25, -0.2) is 13.2 Å². The fraction of sp³-hybridized carbons (Fsp3) is 0.440. The number of carbonyl (C=O) groups is 2. The molecule has 9 heteroatoms. The Morgan fingerprint density at radius 3 is 2.29 bits per heavy atom. The van der Waals surface area contributed by atoms with E-state index in [1.165, 1.54) is 34.1 Å². The molecular formula is C25H32N2O6S. The van der Waals surface area contributed by atoms with E-state index < -0.39 is 22.6 Å². The second kappa shape index (κ2) is 11.6. The van der Waals surface area contributed by atoms with Crippen LogP contribution in [0, 0.1) is 0 Å². The molecule has 0 radical (unpaired) electrons. The van der Waals surface area contributed by atoms with E-state index >= 15 is 0 Å². The van der Waals surface area contributed by atoms with Gasteiger partial charge in [0.15, 0.2) is 6.61 Å². The van der Waals surface area contributed by atoms with Crippen molar-refractivity contribution in [1.82, 2.24) is 9.62 Å². The number of sulfonamides is 1. The smallest absolute Gasteiger partial charge is 0.338 e. The van der Waals surface area contributed by atoms with Crippen LogP contribution in [0.25, 0.3) is 0 Å². The van der Waals surface area contributed by atoms with Gasteiger partial charge in [-0.05, 0) is 63.4 Å². The first kappa shape index (κ1) is 25.9. The number of nitrogens with one attached hydrogen (secondary N) is 1. The second-order valence-corrected chi connectivity index (χ2v) is 10.6. The van der Waals surface area contributed by atoms with Crippen molar-refractivity contribution >= 4 is 21.9 Å². The Morgan fingerprint density at radius 2 is 1.68 bits per heavy atom. The standard InChI is InChI=1S/C25H32N2O6S/c1-18(9-10-21-7-5-4-6-8-21)26-24(28)17-32-25(29)22-11-13-23(14-12-22)34(30,31)27-15-19(2)33-20(3)16-27/h4-8,11-14,18-20H,9-10,15-17H2,1-3H3,(H,26,28). The molecule has 1 N–H and O–H groups in total. The number of hydrogen-bond donors (Lipinski definition) is 1. The highest BCUT2D eigenvalue weighted by molar-refractivity contribution is 7.89. The largest absolute Gasteiger partial charge is 0.452 e. The SMILES string of the molecule is CC(CCc1ccccc1)NC(=O)COC(=O)c1ccc(S(=O)(=O)N2CC(C)OC(C)C2)cc1. The number of nitrogens with zero attached hydrogens (tertiary/aromatic N) is 1. The minimum absolute atomic E-state index is 0.0680. The highest BCUT2D eigenvalue weighted by Crippen LogP contribution is 2.21. The summed E-state index contributed by atoms with van der Waals surface area (Å²) in [6.45, 7) is 5.70. The lowest BCUT2D eigenvalue weighted by Gasteiger charge is -2.34. The van der Waals surface area contributed by atoms with Gasteiger partial charge < -0.3 is 14.8 Å². The summed E-state index contributed by atoms with van der Waals surface area (Å²) in [5, 5.41) is 2.82. The van der Waals surface area contributed by atoms with Crippen LogP contribution in [0.4, 0.5) is 0 Å². The summed E-state index contributed by atoms with van der Waals surface area (Å²) < 4.78 is 37.9. The zero-order chi connectivity index (χ0) is 24.7. The van der Waals surface area contributed by atoms with Crippen molar-refractivity contribution in [2.45, 2.75) is 56.8 Å². The predicted octanol–water partition coefficient (Wildman–Crippen LogP) is 2.78. The number of aryl methyl sites for hydroxylation is 1. The molecule has 0 spiro atoms. The molecule has 1 heterocycles. The number of morpholine rings is 1. The van der Waals surface area contributed by atoms with Crippen molar-refractivity contribution in [1.29, 1.82) is 0 Å². The molecule has 1 fully saturated rings. The lowest BCUT2D eigenvalue weighted by atomic mass is 10.1. The molecule has 0 aliphatic carbocycles. The summed E-state index contributed by atoms with van der Waals surface area (Å²) in [5.41, 5.74) is 1.37. The van der Waals surface area contributed by atoms with E-state index in [2.05, 4.69) is 5.32 Å². The Morgan fingerprint density at radius 1 is 1.06 bits per heavy atom. The molecule has 2 aromatic carbocycles.